The van der Waals surface area contributed by atoms with Crippen LogP contribution in [0.25, 0.3) is 0 Å². The van der Waals surface area contributed by atoms with E-state index in [1.165, 1.54) is 11.8 Å². The van der Waals surface area contributed by atoms with Crippen molar-refractivity contribution in [1.82, 2.24) is 5.32 Å². The molecule has 0 aromatic heterocycles. The van der Waals surface area contributed by atoms with Gasteiger partial charge in [-0.3, -0.25) is 14.9 Å². The van der Waals surface area contributed by atoms with E-state index in [1.807, 2.05) is 27.7 Å². The summed E-state index contributed by atoms with van der Waals surface area (Å²) >= 11 is 1.45. The lowest BCUT2D eigenvalue weighted by Crippen LogP contribution is -2.54. The Balaban J connectivity index is 4.65. The van der Waals surface area contributed by atoms with Gasteiger partial charge in [0, 0.05) is 11.3 Å². The van der Waals surface area contributed by atoms with Gasteiger partial charge in [-0.15, -0.1) is 11.8 Å². The maximum absolute atomic E-state index is 12.1. The topological polar surface area (TPSA) is 81.4 Å². The molecule has 0 heterocycles. The van der Waals surface area contributed by atoms with Gasteiger partial charge in [0.1, 0.15) is 5.54 Å². The molecular formula is C13H26N2O3S. The van der Waals surface area contributed by atoms with Gasteiger partial charge in [0.2, 0.25) is 5.91 Å². The first kappa shape index (κ1) is 18.2. The molecule has 19 heavy (non-hydrogen) atoms. The van der Waals surface area contributed by atoms with Crippen molar-refractivity contribution in [2.75, 3.05) is 12.4 Å². The van der Waals surface area contributed by atoms with Crippen molar-refractivity contribution in [3.63, 3.8) is 0 Å². The van der Waals surface area contributed by atoms with Crippen molar-refractivity contribution in [2.24, 2.45) is 5.73 Å². The number of nitrogens with two attached hydrogens (primary N) is 1. The number of thioether (sulfide) groups is 1. The Morgan fingerprint density at radius 3 is 2.37 bits per heavy atom. The van der Waals surface area contributed by atoms with Crippen LogP contribution in [0.5, 0.6) is 0 Å². The highest BCUT2D eigenvalue weighted by atomic mass is 32.2. The Labute approximate surface area is 120 Å². The standard InChI is InChI=1S/C13H26N2O3S/c1-6-18-12(17)13(5,15-9(2)3)7-10(4)19-8-11(14)16/h9-10,15H,6-8H2,1-5H3,(H2,14,16). The van der Waals surface area contributed by atoms with Gasteiger partial charge in [-0.05, 0) is 34.1 Å². The largest absolute Gasteiger partial charge is 0.465 e. The second-order valence-corrected chi connectivity index (χ2v) is 6.57. The number of amides is 1. The third-order valence-corrected chi connectivity index (χ3v) is 3.73. The number of esters is 1. The van der Waals surface area contributed by atoms with Crippen LogP contribution in [0, 0.1) is 0 Å². The quantitative estimate of drug-likeness (QED) is 0.626. The minimum Gasteiger partial charge on any atom is -0.465 e. The van der Waals surface area contributed by atoms with Crippen molar-refractivity contribution in [2.45, 2.75) is 57.9 Å². The molecule has 3 N–H and O–H groups in total. The molecule has 0 aliphatic rings. The Morgan fingerprint density at radius 1 is 1.37 bits per heavy atom. The Hall–Kier alpha value is -0.750. The van der Waals surface area contributed by atoms with Crippen molar-refractivity contribution < 1.29 is 14.3 Å². The number of ether oxygens (including phenoxy) is 1. The molecule has 1 amide bonds. The molecular weight excluding hydrogens is 264 g/mol. The van der Waals surface area contributed by atoms with E-state index in [9.17, 15) is 9.59 Å². The normalized spacial score (nSPS) is 15.9. The van der Waals surface area contributed by atoms with Crippen molar-refractivity contribution in [3.8, 4) is 0 Å². The van der Waals surface area contributed by atoms with E-state index < -0.39 is 5.54 Å². The molecule has 0 rings (SSSR count). The summed E-state index contributed by atoms with van der Waals surface area (Å²) in [5.41, 5.74) is 4.38. The van der Waals surface area contributed by atoms with Gasteiger partial charge in [0.05, 0.1) is 12.4 Å². The SMILES string of the molecule is CCOC(=O)C(C)(CC(C)SCC(N)=O)NC(C)C. The molecule has 0 aliphatic heterocycles. The number of rotatable bonds is 9. The van der Waals surface area contributed by atoms with Gasteiger partial charge >= 0.3 is 5.97 Å². The molecule has 6 heteroatoms. The minimum atomic E-state index is -0.742. The molecule has 0 bridgehead atoms. The van der Waals surface area contributed by atoms with Gasteiger partial charge in [-0.2, -0.15) is 0 Å². The lowest BCUT2D eigenvalue weighted by molar-refractivity contribution is -0.151. The van der Waals surface area contributed by atoms with Gasteiger partial charge in [0.25, 0.3) is 0 Å². The maximum atomic E-state index is 12.1. The molecule has 0 fully saturated rings. The summed E-state index contributed by atoms with van der Waals surface area (Å²) in [6.07, 6.45) is 0.585. The third kappa shape index (κ3) is 7.42. The van der Waals surface area contributed by atoms with Crippen LogP contribution in [0.15, 0.2) is 0 Å². The summed E-state index contributed by atoms with van der Waals surface area (Å²) in [4.78, 5) is 22.9. The minimum absolute atomic E-state index is 0.133. The first-order valence-corrected chi connectivity index (χ1v) is 7.61. The number of nitrogens with one attached hydrogen (secondary N) is 1. The average molecular weight is 290 g/mol. The smallest absolute Gasteiger partial charge is 0.326 e. The average Bonchev–Trinajstić information content (AvgIpc) is 2.25. The van der Waals surface area contributed by atoms with Crippen LogP contribution in [-0.4, -0.2) is 41.1 Å². The van der Waals surface area contributed by atoms with Crippen molar-refractivity contribution >= 4 is 23.6 Å². The van der Waals surface area contributed by atoms with Gasteiger partial charge in [-0.1, -0.05) is 6.92 Å². The van der Waals surface area contributed by atoms with Crippen LogP contribution in [0.4, 0.5) is 0 Å². The maximum Gasteiger partial charge on any atom is 0.326 e. The molecule has 112 valence electrons. The molecule has 0 aliphatic carbocycles. The number of hydrogen-bond donors (Lipinski definition) is 2. The first-order chi connectivity index (χ1) is 8.71. The monoisotopic (exact) mass is 290 g/mol. The van der Waals surface area contributed by atoms with E-state index in [4.69, 9.17) is 10.5 Å². The van der Waals surface area contributed by atoms with E-state index in [1.54, 1.807) is 6.92 Å². The van der Waals surface area contributed by atoms with Crippen LogP contribution < -0.4 is 11.1 Å². The van der Waals surface area contributed by atoms with Gasteiger partial charge in [-0.25, -0.2) is 0 Å². The Bertz CT molecular complexity index is 310. The lowest BCUT2D eigenvalue weighted by atomic mass is 9.95. The summed E-state index contributed by atoms with van der Waals surface area (Å²) in [7, 11) is 0. The lowest BCUT2D eigenvalue weighted by Gasteiger charge is -2.32. The van der Waals surface area contributed by atoms with E-state index in [2.05, 4.69) is 5.32 Å². The zero-order chi connectivity index (χ0) is 15.1. The Morgan fingerprint density at radius 2 is 1.95 bits per heavy atom. The second kappa shape index (κ2) is 8.43. The van der Waals surface area contributed by atoms with Crippen LogP contribution in [-0.2, 0) is 14.3 Å². The highest BCUT2D eigenvalue weighted by Crippen LogP contribution is 2.23. The highest BCUT2D eigenvalue weighted by Gasteiger charge is 2.36. The summed E-state index contributed by atoms with van der Waals surface area (Å²) in [6.45, 7) is 9.94. The molecule has 0 aromatic rings. The molecule has 5 nitrogen and oxygen atoms in total. The predicted molar refractivity (Wildman–Crippen MR) is 79.0 cm³/mol. The molecule has 0 aromatic carbocycles. The predicted octanol–water partition coefficient (Wildman–Crippen LogP) is 1.30. The van der Waals surface area contributed by atoms with E-state index >= 15 is 0 Å². The number of primary amides is 1. The van der Waals surface area contributed by atoms with Crippen LogP contribution in [0.1, 0.15) is 41.0 Å². The first-order valence-electron chi connectivity index (χ1n) is 6.56. The fourth-order valence-corrected chi connectivity index (χ4v) is 2.89. The van der Waals surface area contributed by atoms with Crippen LogP contribution >= 0.6 is 11.8 Å². The zero-order valence-corrected chi connectivity index (χ0v) is 13.3. The number of hydrogen-bond acceptors (Lipinski definition) is 5. The summed E-state index contributed by atoms with van der Waals surface area (Å²) < 4.78 is 5.13. The summed E-state index contributed by atoms with van der Waals surface area (Å²) in [5, 5.41) is 3.39. The summed E-state index contributed by atoms with van der Waals surface area (Å²) in [5.74, 6) is -0.330. The van der Waals surface area contributed by atoms with Crippen LogP contribution in [0.3, 0.4) is 0 Å². The molecule has 0 saturated carbocycles. The fourth-order valence-electron chi connectivity index (χ4n) is 1.99. The molecule has 0 radical (unpaired) electrons. The molecule has 2 atom stereocenters. The molecule has 0 spiro atoms. The fraction of sp³-hybridized carbons (Fsp3) is 0.846. The zero-order valence-electron chi connectivity index (χ0n) is 12.5. The Kier molecular flexibility index (Phi) is 8.09. The third-order valence-electron chi connectivity index (χ3n) is 2.54. The summed E-state index contributed by atoms with van der Waals surface area (Å²) in [6, 6.07) is 0.169. The second-order valence-electron chi connectivity index (χ2n) is 5.14. The van der Waals surface area contributed by atoms with Crippen LogP contribution in [0.2, 0.25) is 0 Å². The van der Waals surface area contributed by atoms with E-state index in [-0.39, 0.29) is 28.9 Å². The molecule has 2 unspecified atom stereocenters. The number of carbonyl (C=O) groups is 2. The highest BCUT2D eigenvalue weighted by molar-refractivity contribution is 8.00. The molecule has 0 saturated heterocycles. The number of carbonyl (C=O) groups excluding carboxylic acids is 2. The van der Waals surface area contributed by atoms with Gasteiger partial charge < -0.3 is 10.5 Å². The van der Waals surface area contributed by atoms with Crippen molar-refractivity contribution in [1.29, 1.82) is 0 Å². The van der Waals surface area contributed by atoms with Crippen molar-refractivity contribution in [3.05, 3.63) is 0 Å². The van der Waals surface area contributed by atoms with Gasteiger partial charge in [0.15, 0.2) is 0 Å². The van der Waals surface area contributed by atoms with E-state index in [0.717, 1.165) is 0 Å². The van der Waals surface area contributed by atoms with E-state index in [0.29, 0.717) is 13.0 Å².